The highest BCUT2D eigenvalue weighted by Crippen LogP contribution is 2.59. The fourth-order valence-corrected chi connectivity index (χ4v) is 9.83. The largest absolute Gasteiger partial charge is 0.208 e. The summed E-state index contributed by atoms with van der Waals surface area (Å²) in [6.45, 7) is 9.61. The van der Waals surface area contributed by atoms with E-state index in [0.717, 1.165) is 27.8 Å². The molecule has 0 saturated carbocycles. The fourth-order valence-electron chi connectivity index (χ4n) is 9.83. The highest BCUT2D eigenvalue weighted by atomic mass is 15.0. The van der Waals surface area contributed by atoms with Gasteiger partial charge in [-0.1, -0.05) is 185 Å². The second-order valence-corrected chi connectivity index (χ2v) is 16.8. The SMILES string of the molecule is CC1(C)c2ccccc2-c2c1cc(-c1cccc(-c3cccc(-c4nc(-c5ccccc5)nc(-c5ccccc5)n4)c3)c1)c1ccc3c(c21)C(C)(C)c1ccccc1-3. The summed E-state index contributed by atoms with van der Waals surface area (Å²) in [5, 5.41) is 2.68. The Labute approximate surface area is 339 Å². The van der Waals surface area contributed by atoms with E-state index in [1.165, 1.54) is 66.4 Å². The first kappa shape index (κ1) is 34.3. The van der Waals surface area contributed by atoms with Crippen LogP contribution in [0.3, 0.4) is 0 Å². The molecule has 0 amide bonds. The van der Waals surface area contributed by atoms with Gasteiger partial charge >= 0.3 is 0 Å². The molecule has 3 nitrogen and oxygen atoms in total. The Kier molecular flexibility index (Phi) is 7.55. The normalized spacial score (nSPS) is 14.1. The molecule has 0 aliphatic heterocycles. The van der Waals surface area contributed by atoms with Gasteiger partial charge in [0.1, 0.15) is 0 Å². The first-order valence-electron chi connectivity index (χ1n) is 20.2. The van der Waals surface area contributed by atoms with E-state index in [1.807, 2.05) is 60.7 Å². The van der Waals surface area contributed by atoms with Crippen LogP contribution in [-0.2, 0) is 10.8 Å². The molecule has 276 valence electrons. The van der Waals surface area contributed by atoms with Crippen molar-refractivity contribution in [1.29, 1.82) is 0 Å². The van der Waals surface area contributed by atoms with E-state index in [-0.39, 0.29) is 10.8 Å². The van der Waals surface area contributed by atoms with Crippen molar-refractivity contribution in [3.05, 3.63) is 198 Å². The molecule has 8 aromatic carbocycles. The molecule has 0 unspecified atom stereocenters. The van der Waals surface area contributed by atoms with Gasteiger partial charge in [-0.2, -0.15) is 0 Å². The van der Waals surface area contributed by atoms with Gasteiger partial charge < -0.3 is 0 Å². The summed E-state index contributed by atoms with van der Waals surface area (Å²) < 4.78 is 0. The zero-order valence-corrected chi connectivity index (χ0v) is 33.1. The van der Waals surface area contributed by atoms with Crippen molar-refractivity contribution in [2.24, 2.45) is 0 Å². The second-order valence-electron chi connectivity index (χ2n) is 16.8. The molecular formula is C55H41N3. The minimum atomic E-state index is -0.155. The zero-order valence-electron chi connectivity index (χ0n) is 33.1. The predicted molar refractivity (Wildman–Crippen MR) is 240 cm³/mol. The molecule has 2 aliphatic carbocycles. The van der Waals surface area contributed by atoms with Crippen molar-refractivity contribution in [3.63, 3.8) is 0 Å². The van der Waals surface area contributed by atoms with Gasteiger partial charge in [-0.3, -0.25) is 0 Å². The van der Waals surface area contributed by atoms with Gasteiger partial charge in [0.25, 0.3) is 0 Å². The molecule has 0 N–H and O–H groups in total. The Hall–Kier alpha value is -6.97. The highest BCUT2D eigenvalue weighted by molar-refractivity contribution is 6.14. The van der Waals surface area contributed by atoms with E-state index in [2.05, 4.69) is 143 Å². The number of hydrogen-bond donors (Lipinski definition) is 0. The van der Waals surface area contributed by atoms with Crippen LogP contribution in [0.25, 0.3) is 89.4 Å². The lowest BCUT2D eigenvalue weighted by atomic mass is 9.76. The Morgan fingerprint density at radius 2 is 0.810 bits per heavy atom. The quantitative estimate of drug-likeness (QED) is 0.176. The summed E-state index contributed by atoms with van der Waals surface area (Å²) in [7, 11) is 0. The van der Waals surface area contributed by atoms with E-state index in [9.17, 15) is 0 Å². The molecule has 58 heavy (non-hydrogen) atoms. The molecule has 0 radical (unpaired) electrons. The molecule has 1 aromatic heterocycles. The van der Waals surface area contributed by atoms with Crippen molar-refractivity contribution in [3.8, 4) is 78.7 Å². The minimum Gasteiger partial charge on any atom is -0.208 e. The minimum absolute atomic E-state index is 0.152. The smallest absolute Gasteiger partial charge is 0.164 e. The maximum atomic E-state index is 5.03. The molecule has 0 atom stereocenters. The number of fused-ring (bicyclic) bond motifs is 9. The van der Waals surface area contributed by atoms with Crippen LogP contribution in [0.4, 0.5) is 0 Å². The average Bonchev–Trinajstić information content (AvgIpc) is 3.66. The van der Waals surface area contributed by atoms with Crippen LogP contribution in [0.2, 0.25) is 0 Å². The van der Waals surface area contributed by atoms with Gasteiger partial charge in [-0.25, -0.2) is 15.0 Å². The number of aromatic nitrogens is 3. The van der Waals surface area contributed by atoms with Gasteiger partial charge in [0.15, 0.2) is 17.5 Å². The lowest BCUT2D eigenvalue weighted by Gasteiger charge is -2.27. The fraction of sp³-hybridized carbons (Fsp3) is 0.109. The van der Waals surface area contributed by atoms with E-state index < -0.39 is 0 Å². The predicted octanol–water partition coefficient (Wildman–Crippen LogP) is 14.0. The summed E-state index contributed by atoms with van der Waals surface area (Å²) in [4.78, 5) is 15.0. The number of benzene rings is 8. The van der Waals surface area contributed by atoms with Crippen LogP contribution >= 0.6 is 0 Å². The number of nitrogens with zero attached hydrogens (tertiary/aromatic N) is 3. The van der Waals surface area contributed by atoms with Gasteiger partial charge in [-0.05, 0) is 95.7 Å². The van der Waals surface area contributed by atoms with Crippen molar-refractivity contribution < 1.29 is 0 Å². The van der Waals surface area contributed by atoms with E-state index in [4.69, 9.17) is 15.0 Å². The maximum Gasteiger partial charge on any atom is 0.164 e. The summed E-state index contributed by atoms with van der Waals surface area (Å²) in [5.41, 5.74) is 18.3. The molecule has 0 fully saturated rings. The van der Waals surface area contributed by atoms with Crippen molar-refractivity contribution in [1.82, 2.24) is 15.0 Å². The first-order valence-corrected chi connectivity index (χ1v) is 20.2. The molecule has 0 spiro atoms. The zero-order chi connectivity index (χ0) is 39.2. The van der Waals surface area contributed by atoms with Crippen LogP contribution in [0, 0.1) is 0 Å². The summed E-state index contributed by atoms with van der Waals surface area (Å²) in [6.07, 6.45) is 0. The number of hydrogen-bond acceptors (Lipinski definition) is 3. The molecule has 2 aliphatic rings. The molecule has 11 rings (SSSR count). The van der Waals surface area contributed by atoms with Crippen LogP contribution < -0.4 is 0 Å². The Morgan fingerprint density at radius 3 is 1.45 bits per heavy atom. The second kappa shape index (κ2) is 12.8. The van der Waals surface area contributed by atoms with E-state index >= 15 is 0 Å². The molecule has 0 bridgehead atoms. The van der Waals surface area contributed by atoms with E-state index in [1.54, 1.807) is 0 Å². The third kappa shape index (κ3) is 5.16. The summed E-state index contributed by atoms with van der Waals surface area (Å²) in [5.74, 6) is 1.96. The Bertz CT molecular complexity index is 3050. The molecule has 0 saturated heterocycles. The van der Waals surface area contributed by atoms with Gasteiger partial charge in [0, 0.05) is 27.5 Å². The third-order valence-corrected chi connectivity index (χ3v) is 12.7. The first-order chi connectivity index (χ1) is 28.3. The van der Waals surface area contributed by atoms with Crippen LogP contribution in [0.1, 0.15) is 49.9 Å². The van der Waals surface area contributed by atoms with Crippen LogP contribution in [-0.4, -0.2) is 15.0 Å². The van der Waals surface area contributed by atoms with Crippen molar-refractivity contribution in [2.75, 3.05) is 0 Å². The van der Waals surface area contributed by atoms with E-state index in [0.29, 0.717) is 17.5 Å². The van der Waals surface area contributed by atoms with Crippen molar-refractivity contribution in [2.45, 2.75) is 38.5 Å². The van der Waals surface area contributed by atoms with Crippen LogP contribution in [0.15, 0.2) is 176 Å². The number of rotatable bonds is 5. The molecule has 3 heteroatoms. The Morgan fingerprint density at radius 1 is 0.328 bits per heavy atom. The lowest BCUT2D eigenvalue weighted by molar-refractivity contribution is 0.659. The molecule has 1 heterocycles. The summed E-state index contributed by atoms with van der Waals surface area (Å²) in [6, 6.07) is 63.3. The van der Waals surface area contributed by atoms with Crippen molar-refractivity contribution >= 4 is 10.8 Å². The standard InChI is InChI=1S/C55H41N3/c1-54(2)46-28-14-12-26-43(46)48-47(54)33-44(41-29-30-42-40-25-11-13-27-45(40)55(3,4)50(42)49(41)48)38-23-15-21-36(31-38)37-22-16-24-39(32-37)53-57-51(34-17-7-5-8-18-34)56-52(58-53)35-19-9-6-10-20-35/h5-33H,1-4H3. The molecule has 9 aromatic rings. The highest BCUT2D eigenvalue weighted by Gasteiger charge is 2.42. The van der Waals surface area contributed by atoms with Crippen LogP contribution in [0.5, 0.6) is 0 Å². The van der Waals surface area contributed by atoms with Gasteiger partial charge in [-0.15, -0.1) is 0 Å². The average molecular weight is 744 g/mol. The monoisotopic (exact) mass is 743 g/mol. The topological polar surface area (TPSA) is 38.7 Å². The Balaban J connectivity index is 1.09. The summed E-state index contributed by atoms with van der Waals surface area (Å²) >= 11 is 0. The maximum absolute atomic E-state index is 5.03. The molecular weight excluding hydrogens is 703 g/mol. The van der Waals surface area contributed by atoms with Gasteiger partial charge in [0.2, 0.25) is 0 Å². The third-order valence-electron chi connectivity index (χ3n) is 12.7. The van der Waals surface area contributed by atoms with Gasteiger partial charge in [0.05, 0.1) is 0 Å². The lowest BCUT2D eigenvalue weighted by Crippen LogP contribution is -2.17.